The van der Waals surface area contributed by atoms with Gasteiger partial charge in [0.15, 0.2) is 0 Å². The standard InChI is InChI=1S/C33H32N4O3S2.C2HF3O2/c1-21-30(28-20-42-32(34-28)23-13-15-37(16-14-23)29(38)19-27-8-5-17-41-27)31(35-40-21)26-7-4-6-25(18-26)22-9-11-24(12-10-22)33(39)36(2)3;3-2(4,5)1(6)7/h4-12,17-18,20,23H,13-16,19H2,1-3H3;(H,6,7). The first kappa shape index (κ1) is 35.5. The van der Waals surface area contributed by atoms with Crippen LogP contribution >= 0.6 is 22.7 Å². The van der Waals surface area contributed by atoms with E-state index < -0.39 is 12.1 Å². The van der Waals surface area contributed by atoms with Crippen LogP contribution in [0.25, 0.3) is 33.6 Å². The summed E-state index contributed by atoms with van der Waals surface area (Å²) in [7, 11) is 3.50. The number of hydrogen-bond donors (Lipinski definition) is 1. The molecule has 14 heteroatoms. The van der Waals surface area contributed by atoms with Crippen LogP contribution in [-0.4, -0.2) is 76.2 Å². The molecule has 49 heavy (non-hydrogen) atoms. The number of aromatic nitrogens is 2. The summed E-state index contributed by atoms with van der Waals surface area (Å²) in [5.74, 6) is -1.50. The van der Waals surface area contributed by atoms with E-state index >= 15 is 0 Å². The van der Waals surface area contributed by atoms with Crippen molar-refractivity contribution in [2.45, 2.75) is 38.3 Å². The zero-order chi connectivity index (χ0) is 35.3. The van der Waals surface area contributed by atoms with Gasteiger partial charge < -0.3 is 19.4 Å². The van der Waals surface area contributed by atoms with E-state index in [1.165, 1.54) is 0 Å². The Morgan fingerprint density at radius 3 is 2.27 bits per heavy atom. The number of carboxylic acids is 1. The van der Waals surface area contributed by atoms with Gasteiger partial charge in [0.25, 0.3) is 5.91 Å². The lowest BCUT2D eigenvalue weighted by molar-refractivity contribution is -0.192. The summed E-state index contributed by atoms with van der Waals surface area (Å²) in [6.45, 7) is 3.45. The topological polar surface area (TPSA) is 117 Å². The Hall–Kier alpha value is -4.82. The summed E-state index contributed by atoms with van der Waals surface area (Å²) in [4.78, 5) is 43.7. The normalized spacial score (nSPS) is 13.5. The number of alkyl halides is 3. The second kappa shape index (κ2) is 15.2. The zero-order valence-electron chi connectivity index (χ0n) is 26.9. The number of carboxylic acid groups (broad SMARTS) is 1. The molecule has 2 aromatic carbocycles. The maximum Gasteiger partial charge on any atom is 0.490 e. The van der Waals surface area contributed by atoms with Gasteiger partial charge in [-0.05, 0) is 60.5 Å². The van der Waals surface area contributed by atoms with Gasteiger partial charge in [-0.2, -0.15) is 13.2 Å². The van der Waals surface area contributed by atoms with Crippen LogP contribution in [0.3, 0.4) is 0 Å². The average molecular weight is 711 g/mol. The molecule has 1 N–H and O–H groups in total. The minimum absolute atomic E-state index is 0.0196. The van der Waals surface area contributed by atoms with E-state index in [0.717, 1.165) is 75.2 Å². The van der Waals surface area contributed by atoms with E-state index in [1.807, 2.05) is 65.7 Å². The van der Waals surface area contributed by atoms with E-state index in [-0.39, 0.29) is 11.8 Å². The molecule has 0 bridgehead atoms. The van der Waals surface area contributed by atoms with Crippen LogP contribution in [0.2, 0.25) is 0 Å². The number of rotatable bonds is 7. The molecule has 6 rings (SSSR count). The largest absolute Gasteiger partial charge is 0.490 e. The monoisotopic (exact) mass is 710 g/mol. The van der Waals surface area contributed by atoms with Gasteiger partial charge in [0.05, 0.1) is 22.7 Å². The highest BCUT2D eigenvalue weighted by Crippen LogP contribution is 2.39. The molecule has 3 aromatic heterocycles. The number of carbonyl (C=O) groups is 3. The molecule has 4 heterocycles. The molecular formula is C35H33F3N4O5S2. The summed E-state index contributed by atoms with van der Waals surface area (Å²) in [5.41, 5.74) is 6.19. The van der Waals surface area contributed by atoms with E-state index in [2.05, 4.69) is 22.7 Å². The molecule has 0 unspecified atom stereocenters. The summed E-state index contributed by atoms with van der Waals surface area (Å²) in [6.07, 6.45) is -2.76. The third kappa shape index (κ3) is 8.62. The third-order valence-electron chi connectivity index (χ3n) is 7.99. The predicted octanol–water partition coefficient (Wildman–Crippen LogP) is 7.79. The number of amides is 2. The van der Waals surface area contributed by atoms with Crippen LogP contribution < -0.4 is 0 Å². The molecule has 0 aliphatic carbocycles. The fourth-order valence-electron chi connectivity index (χ4n) is 5.42. The fraction of sp³-hybridized carbons (Fsp3) is 0.286. The number of piperidine rings is 1. The molecule has 1 fully saturated rings. The van der Waals surface area contributed by atoms with Crippen LogP contribution in [-0.2, 0) is 16.0 Å². The van der Waals surface area contributed by atoms with Crippen molar-refractivity contribution < 1.29 is 37.2 Å². The van der Waals surface area contributed by atoms with Crippen molar-refractivity contribution in [3.63, 3.8) is 0 Å². The first-order chi connectivity index (χ1) is 23.3. The predicted molar refractivity (Wildman–Crippen MR) is 182 cm³/mol. The molecule has 0 saturated carbocycles. The highest BCUT2D eigenvalue weighted by atomic mass is 32.1. The smallest absolute Gasteiger partial charge is 0.475 e. The van der Waals surface area contributed by atoms with Gasteiger partial charge in [-0.3, -0.25) is 9.59 Å². The lowest BCUT2D eigenvalue weighted by Gasteiger charge is -2.31. The number of thiophene rings is 1. The van der Waals surface area contributed by atoms with Crippen molar-refractivity contribution >= 4 is 40.5 Å². The van der Waals surface area contributed by atoms with Crippen molar-refractivity contribution in [3.8, 4) is 33.6 Å². The Bertz CT molecular complexity index is 1910. The Morgan fingerprint density at radius 2 is 1.65 bits per heavy atom. The molecule has 1 aliphatic rings. The molecule has 1 aliphatic heterocycles. The lowest BCUT2D eigenvalue weighted by atomic mass is 9.97. The van der Waals surface area contributed by atoms with E-state index in [4.69, 9.17) is 19.4 Å². The highest BCUT2D eigenvalue weighted by molar-refractivity contribution is 7.10. The molecule has 9 nitrogen and oxygen atoms in total. The molecule has 0 spiro atoms. The van der Waals surface area contributed by atoms with E-state index in [9.17, 15) is 22.8 Å². The van der Waals surface area contributed by atoms with Crippen molar-refractivity contribution in [1.29, 1.82) is 0 Å². The molecular weight excluding hydrogens is 678 g/mol. The summed E-state index contributed by atoms with van der Waals surface area (Å²) in [6, 6.07) is 19.9. The number of halogens is 3. The number of likely N-dealkylation sites (tertiary alicyclic amines) is 1. The van der Waals surface area contributed by atoms with Crippen LogP contribution in [0.5, 0.6) is 0 Å². The van der Waals surface area contributed by atoms with Crippen LogP contribution in [0.15, 0.2) is 75.9 Å². The van der Waals surface area contributed by atoms with E-state index in [0.29, 0.717) is 17.9 Å². The Kier molecular flexibility index (Phi) is 11.0. The number of nitrogens with zero attached hydrogens (tertiary/aromatic N) is 4. The second-order valence-electron chi connectivity index (χ2n) is 11.6. The molecule has 256 valence electrons. The molecule has 0 radical (unpaired) electrons. The Balaban J connectivity index is 0.000000606. The SMILES string of the molecule is Cc1onc(-c2cccc(-c3ccc(C(=O)N(C)C)cc3)c2)c1-c1csc(C2CCN(C(=O)Cc3cccs3)CC2)n1.O=C(O)C(F)(F)F. The number of thiazole rings is 1. The molecule has 0 atom stereocenters. The zero-order valence-corrected chi connectivity index (χ0v) is 28.5. The van der Waals surface area contributed by atoms with Gasteiger partial charge in [-0.1, -0.05) is 41.6 Å². The van der Waals surface area contributed by atoms with Crippen LogP contribution in [0.4, 0.5) is 13.2 Å². The highest BCUT2D eigenvalue weighted by Gasteiger charge is 2.38. The summed E-state index contributed by atoms with van der Waals surface area (Å²) in [5, 5.41) is 16.8. The quantitative estimate of drug-likeness (QED) is 0.183. The van der Waals surface area contributed by atoms with Crippen molar-refractivity contribution in [1.82, 2.24) is 19.9 Å². The van der Waals surface area contributed by atoms with Gasteiger partial charge in [0, 0.05) is 54.5 Å². The van der Waals surface area contributed by atoms with Crippen LogP contribution in [0.1, 0.15) is 44.8 Å². The summed E-state index contributed by atoms with van der Waals surface area (Å²) < 4.78 is 37.4. The summed E-state index contributed by atoms with van der Waals surface area (Å²) >= 11 is 3.31. The van der Waals surface area contributed by atoms with Gasteiger partial charge in [0.2, 0.25) is 5.91 Å². The Morgan fingerprint density at radius 1 is 0.980 bits per heavy atom. The van der Waals surface area contributed by atoms with Gasteiger partial charge in [0.1, 0.15) is 11.5 Å². The fourth-order valence-corrected chi connectivity index (χ4v) is 7.10. The number of carbonyl (C=O) groups excluding carboxylic acids is 2. The van der Waals surface area contributed by atoms with Crippen molar-refractivity contribution in [2.75, 3.05) is 27.2 Å². The molecule has 1 saturated heterocycles. The first-order valence-electron chi connectivity index (χ1n) is 15.3. The Labute approximate surface area is 288 Å². The van der Waals surface area contributed by atoms with Gasteiger partial charge >= 0.3 is 12.1 Å². The second-order valence-corrected chi connectivity index (χ2v) is 13.5. The number of aliphatic carboxylic acids is 1. The minimum Gasteiger partial charge on any atom is -0.475 e. The minimum atomic E-state index is -5.08. The number of hydrogen-bond acceptors (Lipinski definition) is 8. The maximum atomic E-state index is 12.7. The van der Waals surface area contributed by atoms with Gasteiger partial charge in [-0.15, -0.1) is 22.7 Å². The number of aryl methyl sites for hydroxylation is 1. The number of benzene rings is 2. The van der Waals surface area contributed by atoms with Gasteiger partial charge in [-0.25, -0.2) is 9.78 Å². The van der Waals surface area contributed by atoms with Crippen molar-refractivity contribution in [2.24, 2.45) is 0 Å². The maximum absolute atomic E-state index is 12.7. The molecule has 2 amide bonds. The van der Waals surface area contributed by atoms with Crippen molar-refractivity contribution in [3.05, 3.63) is 92.6 Å². The molecule has 5 aromatic rings. The van der Waals surface area contributed by atoms with Crippen LogP contribution in [0, 0.1) is 6.92 Å². The third-order valence-corrected chi connectivity index (χ3v) is 9.88. The lowest BCUT2D eigenvalue weighted by Crippen LogP contribution is -2.38. The average Bonchev–Trinajstić information content (AvgIpc) is 3.86. The van der Waals surface area contributed by atoms with E-state index in [1.54, 1.807) is 41.7 Å². The first-order valence-corrected chi connectivity index (χ1v) is 17.0.